The zero-order valence-corrected chi connectivity index (χ0v) is 17.9. The van der Waals surface area contributed by atoms with E-state index in [2.05, 4.69) is 13.8 Å². The first-order valence-electron chi connectivity index (χ1n) is 8.44. The van der Waals surface area contributed by atoms with E-state index in [0.717, 1.165) is 25.7 Å². The summed E-state index contributed by atoms with van der Waals surface area (Å²) in [7, 11) is -3.82. The van der Waals surface area contributed by atoms with Crippen LogP contribution in [0.25, 0.3) is 0 Å². The molecule has 0 fully saturated rings. The van der Waals surface area contributed by atoms with Gasteiger partial charge in [-0.05, 0) is 18.8 Å². The Labute approximate surface area is 145 Å². The second-order valence-electron chi connectivity index (χ2n) is 6.02. The fourth-order valence-corrected chi connectivity index (χ4v) is 3.61. The van der Waals surface area contributed by atoms with E-state index in [1.807, 2.05) is 0 Å². The van der Waals surface area contributed by atoms with Gasteiger partial charge in [-0.3, -0.25) is 4.55 Å². The molecule has 0 rings (SSSR count). The molecule has 1 unspecified atom stereocenters. The van der Waals surface area contributed by atoms with Gasteiger partial charge in [0, 0.05) is 19.5 Å². The molecule has 0 aromatic carbocycles. The fourth-order valence-electron chi connectivity index (χ4n) is 2.68. The molecule has 3 nitrogen and oxygen atoms in total. The minimum atomic E-state index is -3.82. The van der Waals surface area contributed by atoms with E-state index in [4.69, 9.17) is 4.55 Å². The van der Waals surface area contributed by atoms with Gasteiger partial charge >= 0.3 is 0 Å². The maximum atomic E-state index is 11.1. The van der Waals surface area contributed by atoms with Gasteiger partial charge in [0.05, 0.1) is 5.75 Å². The van der Waals surface area contributed by atoms with Crippen molar-refractivity contribution in [2.24, 2.45) is 5.92 Å². The van der Waals surface area contributed by atoms with Crippen molar-refractivity contribution in [2.45, 2.75) is 90.9 Å². The summed E-state index contributed by atoms with van der Waals surface area (Å²) in [4.78, 5) is 0. The Balaban J connectivity index is 0. The molecule has 0 aromatic rings. The summed E-state index contributed by atoms with van der Waals surface area (Å²) in [5, 5.41) is 0. The van der Waals surface area contributed by atoms with Crippen molar-refractivity contribution in [3.05, 3.63) is 0 Å². The first-order chi connectivity index (χ1) is 9.49. The SMILES string of the molecule is CCCCCCCCC(CCCCCC)CS(=O)(=O)O.[Zn]. The summed E-state index contributed by atoms with van der Waals surface area (Å²) in [6.07, 6.45) is 13.9. The van der Waals surface area contributed by atoms with Crippen LogP contribution in [-0.4, -0.2) is 18.7 Å². The average molecular weight is 372 g/mol. The van der Waals surface area contributed by atoms with Crippen LogP contribution in [0.5, 0.6) is 0 Å². The molecule has 0 aliphatic carbocycles. The number of hydrogen-bond acceptors (Lipinski definition) is 2. The normalized spacial score (nSPS) is 12.9. The molecule has 0 radical (unpaired) electrons. The Hall–Kier alpha value is 0.533. The largest absolute Gasteiger partial charge is 0.286 e. The Morgan fingerprint density at radius 2 is 1.14 bits per heavy atom. The summed E-state index contributed by atoms with van der Waals surface area (Å²) in [6, 6.07) is 0. The molecule has 0 amide bonds. The third-order valence-electron chi connectivity index (χ3n) is 3.88. The zero-order valence-electron chi connectivity index (χ0n) is 14.1. The van der Waals surface area contributed by atoms with Crippen LogP contribution in [0.3, 0.4) is 0 Å². The monoisotopic (exact) mass is 370 g/mol. The summed E-state index contributed by atoms with van der Waals surface area (Å²) < 4.78 is 31.2. The van der Waals surface area contributed by atoms with Gasteiger partial charge in [-0.15, -0.1) is 0 Å². The molecule has 0 bridgehead atoms. The van der Waals surface area contributed by atoms with Crippen molar-refractivity contribution in [1.82, 2.24) is 0 Å². The molecule has 1 atom stereocenters. The van der Waals surface area contributed by atoms with Gasteiger partial charge in [0.2, 0.25) is 0 Å². The maximum Gasteiger partial charge on any atom is 0.265 e. The second kappa shape index (κ2) is 15.4. The van der Waals surface area contributed by atoms with Crippen molar-refractivity contribution in [3.8, 4) is 0 Å². The van der Waals surface area contributed by atoms with E-state index in [9.17, 15) is 8.42 Å². The number of rotatable bonds is 14. The van der Waals surface area contributed by atoms with Gasteiger partial charge in [-0.2, -0.15) is 8.42 Å². The predicted octanol–water partition coefficient (Wildman–Crippen LogP) is 5.21. The predicted molar refractivity (Wildman–Crippen MR) is 86.7 cm³/mol. The van der Waals surface area contributed by atoms with Crippen molar-refractivity contribution >= 4 is 10.1 Å². The van der Waals surface area contributed by atoms with Gasteiger partial charge in [0.25, 0.3) is 10.1 Å². The van der Waals surface area contributed by atoms with Gasteiger partial charge in [-0.25, -0.2) is 0 Å². The summed E-state index contributed by atoms with van der Waals surface area (Å²) >= 11 is 0. The minimum Gasteiger partial charge on any atom is -0.286 e. The molecular formula is C16H34O3SZn. The van der Waals surface area contributed by atoms with Gasteiger partial charge in [0.1, 0.15) is 0 Å². The molecule has 0 aromatic heterocycles. The van der Waals surface area contributed by atoms with E-state index in [1.54, 1.807) is 0 Å². The van der Waals surface area contributed by atoms with Crippen molar-refractivity contribution in [3.63, 3.8) is 0 Å². The van der Waals surface area contributed by atoms with Crippen LogP contribution in [0.2, 0.25) is 0 Å². The smallest absolute Gasteiger partial charge is 0.265 e. The quantitative estimate of drug-likeness (QED) is 0.259. The van der Waals surface area contributed by atoms with E-state index >= 15 is 0 Å². The molecule has 0 spiro atoms. The van der Waals surface area contributed by atoms with E-state index in [1.165, 1.54) is 51.4 Å². The van der Waals surface area contributed by atoms with Crippen molar-refractivity contribution < 1.29 is 32.4 Å². The maximum absolute atomic E-state index is 11.1. The van der Waals surface area contributed by atoms with Crippen molar-refractivity contribution in [1.29, 1.82) is 0 Å². The molecule has 0 aliphatic rings. The molecule has 1 N–H and O–H groups in total. The molecule has 5 heteroatoms. The molecule has 21 heavy (non-hydrogen) atoms. The van der Waals surface area contributed by atoms with Crippen LogP contribution in [-0.2, 0) is 29.6 Å². The topological polar surface area (TPSA) is 54.4 Å². The Bertz CT molecular complexity index is 305. The fraction of sp³-hybridized carbons (Fsp3) is 1.00. The zero-order chi connectivity index (χ0) is 15.3. The van der Waals surface area contributed by atoms with Gasteiger partial charge in [0.15, 0.2) is 0 Å². The molecule has 0 saturated carbocycles. The van der Waals surface area contributed by atoms with Crippen LogP contribution in [0, 0.1) is 5.92 Å². The van der Waals surface area contributed by atoms with Crippen LogP contribution >= 0.6 is 0 Å². The van der Waals surface area contributed by atoms with Crippen LogP contribution in [0.4, 0.5) is 0 Å². The first-order valence-corrected chi connectivity index (χ1v) is 10.1. The molecule has 0 saturated heterocycles. The van der Waals surface area contributed by atoms with Gasteiger partial charge < -0.3 is 0 Å². The van der Waals surface area contributed by atoms with E-state index in [0.29, 0.717) is 0 Å². The number of unbranched alkanes of at least 4 members (excludes halogenated alkanes) is 8. The standard InChI is InChI=1S/C16H34O3S.Zn/c1-3-5-7-9-10-12-14-16(15-20(17,18)19)13-11-8-6-4-2;/h16H,3-15H2,1-2H3,(H,17,18,19);. The van der Waals surface area contributed by atoms with Crippen molar-refractivity contribution in [2.75, 3.05) is 5.75 Å². The Kier molecular flexibility index (Phi) is 17.5. The Morgan fingerprint density at radius 1 is 0.762 bits per heavy atom. The van der Waals surface area contributed by atoms with Crippen LogP contribution < -0.4 is 0 Å². The summed E-state index contributed by atoms with van der Waals surface area (Å²) in [6.45, 7) is 4.38. The molecule has 0 aliphatic heterocycles. The molecule has 0 heterocycles. The summed E-state index contributed by atoms with van der Waals surface area (Å²) in [5.41, 5.74) is 0. The Morgan fingerprint density at radius 3 is 1.57 bits per heavy atom. The van der Waals surface area contributed by atoms with Gasteiger partial charge in [-0.1, -0.05) is 78.1 Å². The second-order valence-corrected chi connectivity index (χ2v) is 7.52. The first kappa shape index (κ1) is 23.8. The van der Waals surface area contributed by atoms with E-state index in [-0.39, 0.29) is 31.1 Å². The van der Waals surface area contributed by atoms with E-state index < -0.39 is 10.1 Å². The summed E-state index contributed by atoms with van der Waals surface area (Å²) in [5.74, 6) is 0.0988. The average Bonchev–Trinajstić information content (AvgIpc) is 2.36. The molecule has 124 valence electrons. The molecular weight excluding hydrogens is 338 g/mol. The number of hydrogen-bond donors (Lipinski definition) is 1. The van der Waals surface area contributed by atoms with Crippen LogP contribution in [0.15, 0.2) is 0 Å². The third-order valence-corrected chi connectivity index (χ3v) is 4.77. The minimum absolute atomic E-state index is 0. The third kappa shape index (κ3) is 18.5. The van der Waals surface area contributed by atoms with Crippen LogP contribution in [0.1, 0.15) is 90.9 Å².